The van der Waals surface area contributed by atoms with E-state index in [1.54, 1.807) is 0 Å². The number of hydrogen-bond donors (Lipinski definition) is 3. The number of aliphatic hydroxyl groups is 2. The van der Waals surface area contributed by atoms with Crippen molar-refractivity contribution < 1.29 is 113 Å². The zero-order valence-corrected chi connectivity index (χ0v) is 19.0. The fraction of sp³-hybridized carbons (Fsp3) is 0.875. The zero-order valence-electron chi connectivity index (χ0n) is 13.4. The summed E-state index contributed by atoms with van der Waals surface area (Å²) in [5.74, 6) is -0.739. The van der Waals surface area contributed by atoms with Crippen LogP contribution in [-0.4, -0.2) is 79.3 Å². The monoisotopic (exact) mass is 425 g/mol. The third kappa shape index (κ3) is 10.3. The van der Waals surface area contributed by atoms with Gasteiger partial charge in [-0.2, -0.15) is 0 Å². The molecule has 5 atom stereocenters. The van der Waals surface area contributed by atoms with Gasteiger partial charge < -0.3 is 29.4 Å². The van der Waals surface area contributed by atoms with E-state index in [1.165, 1.54) is 0 Å². The summed E-state index contributed by atoms with van der Waals surface area (Å²) in [6, 6.07) is -1.58. The third-order valence-corrected chi connectivity index (χ3v) is 3.55. The van der Waals surface area contributed by atoms with E-state index in [0.717, 1.165) is 6.92 Å². The van der Waals surface area contributed by atoms with Crippen LogP contribution in [0, 0.1) is 0 Å². The number of rotatable bonds is 6. The van der Waals surface area contributed by atoms with E-state index < -0.39 is 64.0 Å². The maximum absolute atomic E-state index is 11.0. The Morgan fingerprint density at radius 2 is 1.68 bits per heavy atom. The molecule has 1 heterocycles. The van der Waals surface area contributed by atoms with Gasteiger partial charge in [-0.3, -0.25) is 13.2 Å². The second-order valence-corrected chi connectivity index (χ2v) is 6.50. The van der Waals surface area contributed by atoms with Crippen molar-refractivity contribution in [3.63, 3.8) is 0 Å². The van der Waals surface area contributed by atoms with Gasteiger partial charge in [0.05, 0.1) is 6.61 Å². The summed E-state index contributed by atoms with van der Waals surface area (Å²) in [7, 11) is -10.6. The van der Waals surface area contributed by atoms with Gasteiger partial charge in [0.25, 0.3) is 0 Å². The van der Waals surface area contributed by atoms with Gasteiger partial charge in [-0.15, -0.1) is 0 Å². The number of carbonyl (C=O) groups is 1. The van der Waals surface area contributed by atoms with E-state index in [1.807, 2.05) is 5.32 Å². The maximum Gasteiger partial charge on any atom is 1.00 e. The van der Waals surface area contributed by atoms with Gasteiger partial charge in [-0.05, 0) is 0 Å². The van der Waals surface area contributed by atoms with E-state index in [2.05, 4.69) is 8.37 Å². The van der Waals surface area contributed by atoms with E-state index in [0.29, 0.717) is 0 Å². The average Bonchev–Trinajstić information content (AvgIpc) is 2.33. The van der Waals surface area contributed by atoms with Crippen molar-refractivity contribution in [1.29, 1.82) is 0 Å². The Labute approximate surface area is 187 Å². The zero-order chi connectivity index (χ0) is 18.0. The molecule has 0 aromatic carbocycles. The van der Waals surface area contributed by atoms with Gasteiger partial charge in [0.2, 0.25) is 26.7 Å². The molecular weight excluding hydrogens is 412 g/mol. The minimum Gasteiger partial charge on any atom is -0.726 e. The van der Waals surface area contributed by atoms with Crippen LogP contribution < -0.4 is 64.4 Å². The van der Waals surface area contributed by atoms with Crippen LogP contribution in [0.1, 0.15) is 6.92 Å². The predicted octanol–water partition coefficient (Wildman–Crippen LogP) is -10.1. The quantitative estimate of drug-likeness (QED) is 0.206. The Hall–Kier alpha value is 1.09. The minimum atomic E-state index is -5.38. The summed E-state index contributed by atoms with van der Waals surface area (Å²) in [6.45, 7) is -0.133. The SMILES string of the molecule is CC(=O)N[C@H]1C(O)O[C@@H](COS(=O)(=O)[O-])[C@H](OS(=O)(=O)[O-])[C@@H]1O.[Na+].[Na+]. The summed E-state index contributed by atoms with van der Waals surface area (Å²) in [6.07, 6.45) is -7.77. The molecule has 1 aliphatic heterocycles. The van der Waals surface area contributed by atoms with Gasteiger partial charge in [0.1, 0.15) is 24.4 Å². The van der Waals surface area contributed by atoms with Crippen molar-refractivity contribution in [2.75, 3.05) is 6.61 Å². The summed E-state index contributed by atoms with van der Waals surface area (Å²) >= 11 is 0. The third-order valence-electron chi connectivity index (χ3n) is 2.67. The van der Waals surface area contributed by atoms with E-state index in [4.69, 9.17) is 4.74 Å². The van der Waals surface area contributed by atoms with Crippen LogP contribution >= 0.6 is 0 Å². The predicted molar refractivity (Wildman–Crippen MR) is 64.7 cm³/mol. The summed E-state index contributed by atoms with van der Waals surface area (Å²) in [5.41, 5.74) is 0. The number of ether oxygens (including phenoxy) is 1. The molecule has 0 spiro atoms. The fourth-order valence-electron chi connectivity index (χ4n) is 1.86. The Bertz CT molecular complexity index is 640. The molecule has 1 fully saturated rings. The Morgan fingerprint density at radius 1 is 1.16 bits per heavy atom. The molecule has 1 aliphatic rings. The molecule has 3 N–H and O–H groups in total. The minimum absolute atomic E-state index is 0. The number of carbonyl (C=O) groups excluding carboxylic acids is 1. The molecule has 25 heavy (non-hydrogen) atoms. The van der Waals surface area contributed by atoms with Crippen LogP contribution in [0.25, 0.3) is 0 Å². The first kappa shape index (κ1) is 28.3. The molecule has 0 radical (unpaired) electrons. The first-order valence-electron chi connectivity index (χ1n) is 5.83. The molecule has 0 saturated carbocycles. The van der Waals surface area contributed by atoms with Crippen molar-refractivity contribution in [2.24, 2.45) is 0 Å². The fourth-order valence-corrected chi connectivity index (χ4v) is 2.68. The van der Waals surface area contributed by atoms with Gasteiger partial charge in [0, 0.05) is 6.92 Å². The van der Waals surface area contributed by atoms with Crippen LogP contribution in [0.2, 0.25) is 0 Å². The van der Waals surface area contributed by atoms with Crippen molar-refractivity contribution in [3.05, 3.63) is 0 Å². The maximum atomic E-state index is 11.0. The molecule has 0 aliphatic carbocycles. The van der Waals surface area contributed by atoms with Crippen LogP contribution in [0.3, 0.4) is 0 Å². The molecule has 0 bridgehead atoms. The number of aliphatic hydroxyl groups excluding tert-OH is 2. The molecule has 136 valence electrons. The van der Waals surface area contributed by atoms with Crippen molar-refractivity contribution in [2.45, 2.75) is 37.6 Å². The standard InChI is InChI=1S/C8H15NO12S2.2Na/c1-3(10)9-5-6(11)7(21-23(16,17)18)4(20-8(5)12)2-19-22(13,14)15;;/h4-8,11-12H,2H2,1H3,(H,9,10)(H,13,14,15)(H,16,17,18);;/q;2*+1/p-2/t4-,5+,6+,7-,8?;;/m0../s1. The molecular formula is C8H13NNa2O12S2. The van der Waals surface area contributed by atoms with Gasteiger partial charge >= 0.3 is 59.1 Å². The number of hydrogen-bond acceptors (Lipinski definition) is 12. The molecule has 1 unspecified atom stereocenters. The Kier molecular flexibility index (Phi) is 12.7. The summed E-state index contributed by atoms with van der Waals surface area (Å²) in [5, 5.41) is 21.6. The summed E-state index contributed by atoms with van der Waals surface area (Å²) in [4.78, 5) is 11.0. The molecule has 0 aromatic heterocycles. The molecule has 13 nitrogen and oxygen atoms in total. The first-order chi connectivity index (χ1) is 10.3. The molecule has 1 amide bonds. The number of nitrogens with one attached hydrogen (secondary N) is 1. The molecule has 17 heteroatoms. The topological polar surface area (TPSA) is 212 Å². The first-order valence-corrected chi connectivity index (χ1v) is 8.50. The van der Waals surface area contributed by atoms with Crippen molar-refractivity contribution in [1.82, 2.24) is 5.32 Å². The molecule has 0 aromatic rings. The average molecular weight is 425 g/mol. The van der Waals surface area contributed by atoms with Crippen LogP contribution in [0.4, 0.5) is 0 Å². The van der Waals surface area contributed by atoms with Crippen molar-refractivity contribution >= 4 is 26.7 Å². The van der Waals surface area contributed by atoms with Crippen LogP contribution in [0.15, 0.2) is 0 Å². The van der Waals surface area contributed by atoms with E-state index in [9.17, 15) is 40.9 Å². The van der Waals surface area contributed by atoms with Crippen LogP contribution in [0.5, 0.6) is 0 Å². The molecule has 1 rings (SSSR count). The van der Waals surface area contributed by atoms with E-state index in [-0.39, 0.29) is 59.1 Å². The summed E-state index contributed by atoms with van der Waals surface area (Å²) < 4.78 is 75.9. The second kappa shape index (κ2) is 11.2. The van der Waals surface area contributed by atoms with Gasteiger partial charge in [0.15, 0.2) is 6.29 Å². The van der Waals surface area contributed by atoms with Crippen molar-refractivity contribution in [3.8, 4) is 0 Å². The normalized spacial score (nSPS) is 29.9. The Balaban J connectivity index is 0. The second-order valence-electron chi connectivity index (χ2n) is 4.44. The molecule has 1 saturated heterocycles. The van der Waals surface area contributed by atoms with Gasteiger partial charge in [-0.1, -0.05) is 0 Å². The van der Waals surface area contributed by atoms with Crippen LogP contribution in [-0.2, 0) is 38.7 Å². The largest absolute Gasteiger partial charge is 1.00 e. The Morgan fingerprint density at radius 3 is 2.08 bits per heavy atom. The van der Waals surface area contributed by atoms with E-state index >= 15 is 0 Å². The smallest absolute Gasteiger partial charge is 0.726 e. The van der Waals surface area contributed by atoms with Gasteiger partial charge in [-0.25, -0.2) is 16.8 Å². The number of amides is 1.